The Morgan fingerprint density at radius 1 is 1.25 bits per heavy atom. The predicted molar refractivity (Wildman–Crippen MR) is 76.1 cm³/mol. The van der Waals surface area contributed by atoms with E-state index in [1.807, 2.05) is 25.7 Å². The van der Waals surface area contributed by atoms with Gasteiger partial charge in [-0.1, -0.05) is 20.8 Å². The number of amides is 1. The first-order valence-electron chi connectivity index (χ1n) is 7.49. The number of piperidine rings is 1. The van der Waals surface area contributed by atoms with E-state index in [2.05, 4.69) is 0 Å². The van der Waals surface area contributed by atoms with Gasteiger partial charge in [0.2, 0.25) is 5.91 Å². The monoisotopic (exact) mass is 282 g/mol. The lowest BCUT2D eigenvalue weighted by atomic mass is 9.83. The molecule has 2 bridgehead atoms. The number of carboxylic acid groups (broad SMARTS) is 1. The molecule has 3 atom stereocenters. The van der Waals surface area contributed by atoms with Crippen LogP contribution in [0.4, 0.5) is 0 Å². The number of carbonyl (C=O) groups is 2. The summed E-state index contributed by atoms with van der Waals surface area (Å²) in [6.07, 6.45) is 3.82. The van der Waals surface area contributed by atoms with Crippen molar-refractivity contribution in [3.63, 3.8) is 0 Å². The third-order valence-electron chi connectivity index (χ3n) is 4.75. The van der Waals surface area contributed by atoms with Crippen molar-refractivity contribution in [3.05, 3.63) is 0 Å². The highest BCUT2D eigenvalue weighted by Crippen LogP contribution is 2.40. The fourth-order valence-electron chi connectivity index (χ4n) is 3.59. The van der Waals surface area contributed by atoms with Gasteiger partial charge in [0.25, 0.3) is 0 Å². The molecule has 5 heteroatoms. The molecule has 5 nitrogen and oxygen atoms in total. The van der Waals surface area contributed by atoms with E-state index >= 15 is 0 Å². The Morgan fingerprint density at radius 3 is 2.15 bits per heavy atom. The summed E-state index contributed by atoms with van der Waals surface area (Å²) in [5.41, 5.74) is 5.87. The highest BCUT2D eigenvalue weighted by molar-refractivity contribution is 5.83. The van der Waals surface area contributed by atoms with Crippen molar-refractivity contribution < 1.29 is 14.7 Å². The zero-order valence-electron chi connectivity index (χ0n) is 12.6. The molecule has 2 heterocycles. The molecule has 0 aromatic heterocycles. The highest BCUT2D eigenvalue weighted by Gasteiger charge is 2.46. The Morgan fingerprint density at radius 2 is 1.75 bits per heavy atom. The maximum absolute atomic E-state index is 12.6. The molecule has 114 valence electrons. The van der Waals surface area contributed by atoms with Gasteiger partial charge in [-0.2, -0.15) is 0 Å². The third kappa shape index (κ3) is 2.97. The molecule has 1 amide bonds. The maximum atomic E-state index is 12.6. The van der Waals surface area contributed by atoms with Gasteiger partial charge in [0, 0.05) is 18.5 Å². The number of aliphatic carboxylic acids is 1. The van der Waals surface area contributed by atoms with Crippen LogP contribution in [-0.4, -0.2) is 40.0 Å². The molecule has 0 aliphatic carbocycles. The fraction of sp³-hybridized carbons (Fsp3) is 0.867. The highest BCUT2D eigenvalue weighted by atomic mass is 16.4. The van der Waals surface area contributed by atoms with E-state index in [0.29, 0.717) is 0 Å². The van der Waals surface area contributed by atoms with Crippen LogP contribution in [0.1, 0.15) is 52.9 Å². The van der Waals surface area contributed by atoms with Crippen molar-refractivity contribution in [1.82, 2.24) is 4.90 Å². The summed E-state index contributed by atoms with van der Waals surface area (Å²) in [4.78, 5) is 25.4. The summed E-state index contributed by atoms with van der Waals surface area (Å²) >= 11 is 0. The van der Waals surface area contributed by atoms with E-state index in [4.69, 9.17) is 10.8 Å². The molecule has 0 aromatic carbocycles. The number of carbonyl (C=O) groups excluding carboxylic acids is 1. The lowest BCUT2D eigenvalue weighted by molar-refractivity contribution is -0.141. The van der Waals surface area contributed by atoms with Crippen molar-refractivity contribution in [2.75, 3.05) is 0 Å². The Hall–Kier alpha value is -1.10. The van der Waals surface area contributed by atoms with Gasteiger partial charge in [-0.05, 0) is 37.0 Å². The average molecular weight is 282 g/mol. The molecular formula is C15H26N2O3. The van der Waals surface area contributed by atoms with Gasteiger partial charge in [-0.15, -0.1) is 0 Å². The first-order chi connectivity index (χ1) is 9.20. The quantitative estimate of drug-likeness (QED) is 0.823. The molecule has 2 unspecified atom stereocenters. The van der Waals surface area contributed by atoms with Gasteiger partial charge in [-0.25, -0.2) is 0 Å². The maximum Gasteiger partial charge on any atom is 0.303 e. The smallest absolute Gasteiger partial charge is 0.303 e. The molecular weight excluding hydrogens is 256 g/mol. The first kappa shape index (κ1) is 15.3. The molecule has 3 N–H and O–H groups in total. The molecule has 2 aliphatic heterocycles. The minimum absolute atomic E-state index is 0.0405. The molecule has 2 saturated heterocycles. The van der Waals surface area contributed by atoms with Crippen LogP contribution >= 0.6 is 0 Å². The number of rotatable bonds is 3. The summed E-state index contributed by atoms with van der Waals surface area (Å²) in [5.74, 6) is -0.487. The van der Waals surface area contributed by atoms with Gasteiger partial charge >= 0.3 is 5.97 Å². The molecule has 2 aliphatic rings. The van der Waals surface area contributed by atoms with Crippen molar-refractivity contribution in [1.29, 1.82) is 0 Å². The summed E-state index contributed by atoms with van der Waals surface area (Å²) in [6.45, 7) is 5.94. The largest absolute Gasteiger partial charge is 0.481 e. The Labute approximate surface area is 120 Å². The van der Waals surface area contributed by atoms with Crippen LogP contribution in [0.25, 0.3) is 0 Å². The number of nitrogens with zero attached hydrogens (tertiary/aromatic N) is 1. The minimum Gasteiger partial charge on any atom is -0.481 e. The van der Waals surface area contributed by atoms with Crippen LogP contribution in [0, 0.1) is 11.3 Å². The summed E-state index contributed by atoms with van der Waals surface area (Å²) in [5, 5.41) is 8.93. The van der Waals surface area contributed by atoms with Crippen molar-refractivity contribution in [2.45, 2.75) is 71.0 Å². The van der Waals surface area contributed by atoms with Crippen LogP contribution in [0.3, 0.4) is 0 Å². The van der Waals surface area contributed by atoms with Crippen LogP contribution in [0.15, 0.2) is 0 Å². The van der Waals surface area contributed by atoms with Gasteiger partial charge in [0.15, 0.2) is 0 Å². The fourth-order valence-corrected chi connectivity index (χ4v) is 3.59. The lowest BCUT2D eigenvalue weighted by Crippen LogP contribution is -2.56. The molecule has 2 fully saturated rings. The standard InChI is InChI=1S/C15H26N2O3/c1-15(2,3)13(16)14(20)17-10-4-5-11(17)7-9(6-10)8-12(18)19/h9-11,13H,4-8,16H2,1-3H3,(H,18,19)/t9?,10?,11?,13-/m1/s1. The second-order valence-corrected chi connectivity index (χ2v) is 7.41. The van der Waals surface area contributed by atoms with Crippen molar-refractivity contribution in [3.8, 4) is 0 Å². The van der Waals surface area contributed by atoms with Gasteiger partial charge in [0.05, 0.1) is 6.04 Å². The lowest BCUT2D eigenvalue weighted by Gasteiger charge is -2.41. The SMILES string of the molecule is CC(C)(C)[C@H](N)C(=O)N1C2CCC1CC(CC(=O)O)C2. The molecule has 20 heavy (non-hydrogen) atoms. The molecule has 0 saturated carbocycles. The second-order valence-electron chi connectivity index (χ2n) is 7.41. The Kier molecular flexibility index (Phi) is 4.09. The van der Waals surface area contributed by atoms with Gasteiger partial charge in [-0.3, -0.25) is 9.59 Å². The minimum atomic E-state index is -0.736. The van der Waals surface area contributed by atoms with Crippen molar-refractivity contribution >= 4 is 11.9 Å². The van der Waals surface area contributed by atoms with E-state index in [1.165, 1.54) is 0 Å². The molecule has 2 rings (SSSR count). The van der Waals surface area contributed by atoms with E-state index < -0.39 is 12.0 Å². The van der Waals surface area contributed by atoms with E-state index in [0.717, 1.165) is 25.7 Å². The van der Waals surface area contributed by atoms with Crippen LogP contribution in [0.2, 0.25) is 0 Å². The summed E-state index contributed by atoms with van der Waals surface area (Å²) in [6, 6.07) is -0.0976. The first-order valence-corrected chi connectivity index (χ1v) is 7.49. The summed E-state index contributed by atoms with van der Waals surface area (Å²) < 4.78 is 0. The zero-order valence-corrected chi connectivity index (χ0v) is 12.6. The van der Waals surface area contributed by atoms with Gasteiger partial charge in [0.1, 0.15) is 0 Å². The second kappa shape index (κ2) is 5.35. The zero-order chi connectivity index (χ0) is 15.1. The normalized spacial score (nSPS) is 31.2. The van der Waals surface area contributed by atoms with E-state index in [-0.39, 0.29) is 35.7 Å². The van der Waals surface area contributed by atoms with Crippen LogP contribution in [-0.2, 0) is 9.59 Å². The molecule has 0 aromatic rings. The van der Waals surface area contributed by atoms with E-state index in [9.17, 15) is 9.59 Å². The average Bonchev–Trinajstić information content (AvgIpc) is 2.57. The molecule has 0 radical (unpaired) electrons. The Bertz CT molecular complexity index is 388. The number of hydrogen-bond donors (Lipinski definition) is 2. The summed E-state index contributed by atoms with van der Waals surface area (Å²) in [7, 11) is 0. The van der Waals surface area contributed by atoms with Crippen LogP contribution < -0.4 is 5.73 Å². The van der Waals surface area contributed by atoms with E-state index in [1.54, 1.807) is 0 Å². The predicted octanol–water partition coefficient (Wildman–Crippen LogP) is 1.60. The van der Waals surface area contributed by atoms with Crippen LogP contribution in [0.5, 0.6) is 0 Å². The third-order valence-corrected chi connectivity index (χ3v) is 4.75. The Balaban J connectivity index is 2.06. The van der Waals surface area contributed by atoms with Gasteiger partial charge < -0.3 is 15.7 Å². The number of nitrogens with two attached hydrogens (primary N) is 1. The van der Waals surface area contributed by atoms with Crippen molar-refractivity contribution in [2.24, 2.45) is 17.1 Å². The number of fused-ring (bicyclic) bond motifs is 2. The topological polar surface area (TPSA) is 83.6 Å². The number of carboxylic acids is 1. The molecule has 0 spiro atoms. The number of hydrogen-bond acceptors (Lipinski definition) is 3.